The fourth-order valence-electron chi connectivity index (χ4n) is 3.79. The molecule has 1 aliphatic rings. The summed E-state index contributed by atoms with van der Waals surface area (Å²) < 4.78 is 24.9. The Morgan fingerprint density at radius 3 is 1.72 bits per heavy atom. The van der Waals surface area contributed by atoms with E-state index in [-0.39, 0.29) is 18.3 Å². The molecule has 4 heteroatoms. The average Bonchev–Trinajstić information content (AvgIpc) is 3.19. The van der Waals surface area contributed by atoms with Gasteiger partial charge in [0.15, 0.2) is 6.10 Å². The molecule has 0 aliphatic carbocycles. The molecule has 0 N–H and O–H groups in total. The molecule has 32 heavy (non-hydrogen) atoms. The first kappa shape index (κ1) is 22.3. The summed E-state index contributed by atoms with van der Waals surface area (Å²) in [6.07, 6.45) is 1.18. The summed E-state index contributed by atoms with van der Waals surface area (Å²) in [6, 6.07) is 30.5. The molecule has 3 aromatic rings. The van der Waals surface area contributed by atoms with Crippen LogP contribution in [-0.2, 0) is 38.8 Å². The number of benzene rings is 3. The van der Waals surface area contributed by atoms with Crippen LogP contribution in [0.15, 0.2) is 103 Å². The van der Waals surface area contributed by atoms with Gasteiger partial charge in [0.05, 0.1) is 26.4 Å². The van der Waals surface area contributed by atoms with Crippen LogP contribution < -0.4 is 0 Å². The third-order valence-electron chi connectivity index (χ3n) is 5.47. The Kier molecular flexibility index (Phi) is 8.10. The summed E-state index contributed by atoms with van der Waals surface area (Å²) in [5.41, 5.74) is 3.37. The predicted molar refractivity (Wildman–Crippen MR) is 125 cm³/mol. The van der Waals surface area contributed by atoms with Crippen LogP contribution in [0.5, 0.6) is 0 Å². The third-order valence-corrected chi connectivity index (χ3v) is 5.47. The molecule has 166 valence electrons. The summed E-state index contributed by atoms with van der Waals surface area (Å²) in [6.45, 7) is 3.92. The molecule has 3 atom stereocenters. The largest absolute Gasteiger partial charge is 0.487 e. The summed E-state index contributed by atoms with van der Waals surface area (Å²) in [5, 5.41) is 0. The summed E-state index contributed by atoms with van der Waals surface area (Å²) in [4.78, 5) is 0. The van der Waals surface area contributed by atoms with Gasteiger partial charge in [0.25, 0.3) is 0 Å². The van der Waals surface area contributed by atoms with Gasteiger partial charge in [-0.15, -0.1) is 0 Å². The maximum atomic E-state index is 6.37. The third kappa shape index (κ3) is 6.07. The lowest BCUT2D eigenvalue weighted by Crippen LogP contribution is -2.37. The number of hydrogen-bond donors (Lipinski definition) is 0. The monoisotopic (exact) mass is 430 g/mol. The zero-order valence-corrected chi connectivity index (χ0v) is 18.4. The predicted octanol–water partition coefficient (Wildman–Crippen LogP) is 5.68. The Labute approximate surface area is 190 Å². The van der Waals surface area contributed by atoms with Gasteiger partial charge in [-0.25, -0.2) is 0 Å². The second kappa shape index (κ2) is 11.6. The highest BCUT2D eigenvalue weighted by molar-refractivity contribution is 5.17. The van der Waals surface area contributed by atoms with E-state index in [4.69, 9.17) is 18.9 Å². The van der Waals surface area contributed by atoms with Gasteiger partial charge >= 0.3 is 0 Å². The molecule has 0 radical (unpaired) electrons. The van der Waals surface area contributed by atoms with Gasteiger partial charge in [0, 0.05) is 0 Å². The van der Waals surface area contributed by atoms with Gasteiger partial charge in [0.2, 0.25) is 0 Å². The molecule has 0 spiro atoms. The highest BCUT2D eigenvalue weighted by atomic mass is 16.6. The fraction of sp³-hybridized carbons (Fsp3) is 0.286. The topological polar surface area (TPSA) is 36.9 Å². The second-order valence-electron chi connectivity index (χ2n) is 7.83. The molecular weight excluding hydrogens is 400 g/mol. The number of rotatable bonds is 10. The van der Waals surface area contributed by atoms with E-state index in [0.717, 1.165) is 22.4 Å². The van der Waals surface area contributed by atoms with E-state index in [9.17, 15) is 0 Å². The van der Waals surface area contributed by atoms with E-state index in [1.54, 1.807) is 0 Å². The molecule has 1 fully saturated rings. The summed E-state index contributed by atoms with van der Waals surface area (Å²) >= 11 is 0. The molecular formula is C28H30O4. The number of ether oxygens (including phenoxy) is 4. The fourth-order valence-corrected chi connectivity index (χ4v) is 3.79. The van der Waals surface area contributed by atoms with Crippen molar-refractivity contribution in [3.05, 3.63) is 120 Å². The van der Waals surface area contributed by atoms with Crippen LogP contribution >= 0.6 is 0 Å². The molecule has 0 amide bonds. The van der Waals surface area contributed by atoms with E-state index < -0.39 is 0 Å². The first-order valence-electron chi connectivity index (χ1n) is 11.1. The Bertz CT molecular complexity index is 956. The minimum atomic E-state index is -0.283. The first-order valence-corrected chi connectivity index (χ1v) is 11.1. The van der Waals surface area contributed by atoms with E-state index in [1.165, 1.54) is 0 Å². The smallest absolute Gasteiger partial charge is 0.151 e. The Balaban J connectivity index is 1.44. The maximum Gasteiger partial charge on any atom is 0.151 e. The molecule has 4 rings (SSSR count). The molecule has 0 aromatic heterocycles. The van der Waals surface area contributed by atoms with Crippen LogP contribution in [0.3, 0.4) is 0 Å². The van der Waals surface area contributed by atoms with Crippen molar-refractivity contribution in [2.45, 2.75) is 45.1 Å². The quantitative estimate of drug-likeness (QED) is 0.415. The number of allylic oxidation sites excluding steroid dienone is 1. The minimum absolute atomic E-state index is 0.241. The van der Waals surface area contributed by atoms with Gasteiger partial charge in [0.1, 0.15) is 18.0 Å². The molecule has 1 unspecified atom stereocenters. The maximum absolute atomic E-state index is 6.37. The first-order chi connectivity index (χ1) is 15.8. The van der Waals surface area contributed by atoms with Crippen molar-refractivity contribution in [1.82, 2.24) is 0 Å². The molecule has 0 bridgehead atoms. The van der Waals surface area contributed by atoms with E-state index in [1.807, 2.05) is 67.6 Å². The van der Waals surface area contributed by atoms with Crippen molar-refractivity contribution in [3.63, 3.8) is 0 Å². The highest BCUT2D eigenvalue weighted by Crippen LogP contribution is 2.31. The molecule has 1 aliphatic heterocycles. The van der Waals surface area contributed by atoms with Crippen molar-refractivity contribution in [3.8, 4) is 0 Å². The van der Waals surface area contributed by atoms with Crippen molar-refractivity contribution < 1.29 is 18.9 Å². The van der Waals surface area contributed by atoms with Crippen molar-refractivity contribution in [2.24, 2.45) is 0 Å². The second-order valence-corrected chi connectivity index (χ2v) is 7.83. The van der Waals surface area contributed by atoms with Crippen molar-refractivity contribution >= 4 is 0 Å². The SMILES string of the molecule is CC=C1O[C@H](COCc2ccccc2)C(OCc2ccccc2)[C@H]1OCc1ccccc1. The van der Waals surface area contributed by atoms with Crippen LogP contribution in [0.25, 0.3) is 0 Å². The van der Waals surface area contributed by atoms with Crippen LogP contribution in [0, 0.1) is 0 Å². The van der Waals surface area contributed by atoms with Gasteiger partial charge < -0.3 is 18.9 Å². The molecule has 1 heterocycles. The Morgan fingerprint density at radius 2 is 1.19 bits per heavy atom. The zero-order chi connectivity index (χ0) is 22.0. The van der Waals surface area contributed by atoms with Crippen LogP contribution in [0.1, 0.15) is 23.6 Å². The lowest BCUT2D eigenvalue weighted by atomic mass is 10.1. The summed E-state index contributed by atoms with van der Waals surface area (Å²) in [5.74, 6) is 0.798. The van der Waals surface area contributed by atoms with Crippen LogP contribution in [0.4, 0.5) is 0 Å². The average molecular weight is 431 g/mol. The summed E-state index contributed by atoms with van der Waals surface area (Å²) in [7, 11) is 0. The molecule has 0 saturated carbocycles. The highest BCUT2D eigenvalue weighted by Gasteiger charge is 2.43. The lowest BCUT2D eigenvalue weighted by Gasteiger charge is -2.23. The molecule has 3 aromatic carbocycles. The lowest BCUT2D eigenvalue weighted by molar-refractivity contribution is -0.0894. The zero-order valence-electron chi connectivity index (χ0n) is 18.4. The molecule has 4 nitrogen and oxygen atoms in total. The normalized spacial score (nSPS) is 21.5. The molecule has 1 saturated heterocycles. The standard InChI is InChI=1S/C28H30O4/c1-2-25-27(30-19-23-14-8-4-9-15-23)28(31-20-24-16-10-5-11-17-24)26(32-25)21-29-18-22-12-6-3-7-13-22/h2-17,26-28H,18-21H2,1H3/t26-,27+,28?/m1/s1. The Hall–Kier alpha value is -2.92. The van der Waals surface area contributed by atoms with Crippen molar-refractivity contribution in [1.29, 1.82) is 0 Å². The number of hydrogen-bond acceptors (Lipinski definition) is 4. The van der Waals surface area contributed by atoms with Crippen LogP contribution in [-0.4, -0.2) is 24.9 Å². The van der Waals surface area contributed by atoms with Gasteiger partial charge in [-0.3, -0.25) is 0 Å². The minimum Gasteiger partial charge on any atom is -0.487 e. The Morgan fingerprint density at radius 1 is 0.688 bits per heavy atom. The van der Waals surface area contributed by atoms with E-state index >= 15 is 0 Å². The van der Waals surface area contributed by atoms with Crippen LogP contribution in [0.2, 0.25) is 0 Å². The van der Waals surface area contributed by atoms with Gasteiger partial charge in [-0.05, 0) is 29.7 Å². The van der Waals surface area contributed by atoms with Gasteiger partial charge in [-0.2, -0.15) is 0 Å². The van der Waals surface area contributed by atoms with E-state index in [2.05, 4.69) is 36.4 Å². The van der Waals surface area contributed by atoms with Gasteiger partial charge in [-0.1, -0.05) is 91.0 Å². The van der Waals surface area contributed by atoms with Crippen molar-refractivity contribution in [2.75, 3.05) is 6.61 Å². The van der Waals surface area contributed by atoms with E-state index in [0.29, 0.717) is 26.4 Å².